The van der Waals surface area contributed by atoms with Gasteiger partial charge in [0, 0.05) is 0 Å². The summed E-state index contributed by atoms with van der Waals surface area (Å²) >= 11 is 9.41. The Morgan fingerprint density at radius 2 is 1.89 bits per heavy atom. The average molecular weight is 486 g/mol. The van der Waals surface area contributed by atoms with E-state index in [1.807, 2.05) is 0 Å². The zero-order chi connectivity index (χ0) is 19.6. The van der Waals surface area contributed by atoms with Crippen molar-refractivity contribution in [3.63, 3.8) is 0 Å². The third-order valence-electron chi connectivity index (χ3n) is 3.44. The predicted octanol–water partition coefficient (Wildman–Crippen LogP) is 3.71. The summed E-state index contributed by atoms with van der Waals surface area (Å²) in [5.74, 6) is 0.413. The van der Waals surface area contributed by atoms with Crippen molar-refractivity contribution in [1.82, 2.24) is 5.32 Å². The summed E-state index contributed by atoms with van der Waals surface area (Å²) in [5.41, 5.74) is 0.693. The number of nitrogens with one attached hydrogen (secondary N) is 1. The Kier molecular flexibility index (Phi) is 5.89. The minimum Gasteiger partial charge on any atom is -0.497 e. The zero-order valence-electron chi connectivity index (χ0n) is 13.8. The van der Waals surface area contributed by atoms with Crippen molar-refractivity contribution in [1.29, 1.82) is 0 Å². The van der Waals surface area contributed by atoms with Gasteiger partial charge in [-0.1, -0.05) is 30.0 Å². The molecular weight excluding hydrogens is 474 g/mol. The molecule has 1 aliphatic rings. The fourth-order valence-electron chi connectivity index (χ4n) is 2.16. The largest absolute Gasteiger partial charge is 0.497 e. The molecule has 27 heavy (non-hydrogen) atoms. The van der Waals surface area contributed by atoms with E-state index in [-0.39, 0.29) is 16.6 Å². The summed E-state index contributed by atoms with van der Waals surface area (Å²) in [6, 6.07) is 10.7. The molecule has 0 aliphatic carbocycles. The number of carbonyl (C=O) groups is 1. The molecular formula is C17H12BrNO5S3. The summed E-state index contributed by atoms with van der Waals surface area (Å²) < 4.78 is 35.9. The first-order valence-corrected chi connectivity index (χ1v) is 10.8. The van der Waals surface area contributed by atoms with Crippen LogP contribution in [0.2, 0.25) is 0 Å². The maximum atomic E-state index is 12.4. The molecule has 0 unspecified atom stereocenters. The van der Waals surface area contributed by atoms with Gasteiger partial charge in [0.15, 0.2) is 5.75 Å². The maximum Gasteiger partial charge on any atom is 0.339 e. The lowest BCUT2D eigenvalue weighted by atomic mass is 10.2. The first-order valence-electron chi connectivity index (χ1n) is 7.41. The van der Waals surface area contributed by atoms with Gasteiger partial charge < -0.3 is 14.2 Å². The Bertz CT molecular complexity index is 1050. The molecule has 0 aromatic heterocycles. The van der Waals surface area contributed by atoms with E-state index in [2.05, 4.69) is 21.2 Å². The van der Waals surface area contributed by atoms with Gasteiger partial charge in [-0.3, -0.25) is 4.79 Å². The van der Waals surface area contributed by atoms with E-state index in [4.69, 9.17) is 21.1 Å². The molecule has 10 heteroatoms. The monoisotopic (exact) mass is 485 g/mol. The Morgan fingerprint density at radius 1 is 1.19 bits per heavy atom. The lowest BCUT2D eigenvalue weighted by Crippen LogP contribution is -2.17. The van der Waals surface area contributed by atoms with E-state index >= 15 is 0 Å². The van der Waals surface area contributed by atoms with Gasteiger partial charge in [0.2, 0.25) is 0 Å². The topological polar surface area (TPSA) is 81.7 Å². The van der Waals surface area contributed by atoms with Crippen LogP contribution in [0.3, 0.4) is 0 Å². The second-order valence-electron chi connectivity index (χ2n) is 5.26. The number of amides is 1. The van der Waals surface area contributed by atoms with E-state index in [0.717, 1.165) is 0 Å². The van der Waals surface area contributed by atoms with Crippen molar-refractivity contribution in [3.05, 3.63) is 57.4 Å². The lowest BCUT2D eigenvalue weighted by molar-refractivity contribution is -0.115. The van der Waals surface area contributed by atoms with Gasteiger partial charge in [0.25, 0.3) is 5.91 Å². The summed E-state index contributed by atoms with van der Waals surface area (Å²) in [5, 5.41) is 2.53. The molecule has 2 aromatic carbocycles. The van der Waals surface area contributed by atoms with E-state index in [0.29, 0.717) is 25.0 Å². The smallest absolute Gasteiger partial charge is 0.339 e. The highest BCUT2D eigenvalue weighted by molar-refractivity contribution is 9.10. The van der Waals surface area contributed by atoms with Crippen LogP contribution in [0.25, 0.3) is 6.08 Å². The third-order valence-corrected chi connectivity index (χ3v) is 6.47. The molecule has 1 amide bonds. The molecule has 140 valence electrons. The van der Waals surface area contributed by atoms with Crippen LogP contribution in [0.1, 0.15) is 5.56 Å². The van der Waals surface area contributed by atoms with Gasteiger partial charge in [0.1, 0.15) is 15.0 Å². The van der Waals surface area contributed by atoms with Crippen LogP contribution in [-0.2, 0) is 14.9 Å². The van der Waals surface area contributed by atoms with E-state index in [1.165, 1.54) is 49.2 Å². The summed E-state index contributed by atoms with van der Waals surface area (Å²) in [7, 11) is -2.50. The molecule has 6 nitrogen and oxygen atoms in total. The summed E-state index contributed by atoms with van der Waals surface area (Å²) in [4.78, 5) is 12.2. The molecule has 0 radical (unpaired) electrons. The molecule has 0 bridgehead atoms. The van der Waals surface area contributed by atoms with Crippen molar-refractivity contribution in [2.24, 2.45) is 0 Å². The predicted molar refractivity (Wildman–Crippen MR) is 111 cm³/mol. The molecule has 1 aliphatic heterocycles. The van der Waals surface area contributed by atoms with Crippen LogP contribution in [0.15, 0.2) is 56.7 Å². The Morgan fingerprint density at radius 3 is 2.44 bits per heavy atom. The van der Waals surface area contributed by atoms with Crippen LogP contribution in [-0.4, -0.2) is 25.8 Å². The standard InChI is InChI=1S/C17H12BrNO5S3/c1-23-11-3-5-12(6-4-11)27(21,22)24-14-7-2-10(8-13(14)18)9-15-16(20)19-17(25)26-15/h2-9H,1H3,(H,19,20,25)/b15-9+. The Labute approximate surface area is 174 Å². The molecule has 1 fully saturated rings. The minimum atomic E-state index is -4.00. The lowest BCUT2D eigenvalue weighted by Gasteiger charge is -2.10. The minimum absolute atomic E-state index is 0.00827. The van der Waals surface area contributed by atoms with Crippen LogP contribution >= 0.6 is 39.9 Å². The fourth-order valence-corrected chi connectivity index (χ4v) is 4.73. The first-order chi connectivity index (χ1) is 12.8. The van der Waals surface area contributed by atoms with Crippen molar-refractivity contribution >= 4 is 66.3 Å². The number of carbonyl (C=O) groups excluding carboxylic acids is 1. The fraction of sp³-hybridized carbons (Fsp3) is 0.0588. The van der Waals surface area contributed by atoms with Crippen LogP contribution < -0.4 is 14.2 Å². The second-order valence-corrected chi connectivity index (χ2v) is 9.37. The number of benzene rings is 2. The Balaban J connectivity index is 1.82. The number of halogens is 1. The number of thiocarbonyl (C=S) groups is 1. The first kappa shape index (κ1) is 19.9. The normalized spacial score (nSPS) is 15.7. The van der Waals surface area contributed by atoms with Gasteiger partial charge in [-0.15, -0.1) is 0 Å². The second kappa shape index (κ2) is 8.01. The third kappa shape index (κ3) is 4.70. The van der Waals surface area contributed by atoms with Gasteiger partial charge in [-0.05, 0) is 64.0 Å². The Hall–Kier alpha value is -1.88. The zero-order valence-corrected chi connectivity index (χ0v) is 17.8. The molecule has 0 atom stereocenters. The number of methoxy groups -OCH3 is 1. The summed E-state index contributed by atoms with van der Waals surface area (Å²) in [6.45, 7) is 0. The van der Waals surface area contributed by atoms with Crippen molar-refractivity contribution in [3.8, 4) is 11.5 Å². The molecule has 1 N–H and O–H groups in total. The van der Waals surface area contributed by atoms with Crippen molar-refractivity contribution < 1.29 is 22.1 Å². The average Bonchev–Trinajstić information content (AvgIpc) is 2.94. The highest BCUT2D eigenvalue weighted by Gasteiger charge is 2.22. The van der Waals surface area contributed by atoms with Crippen LogP contribution in [0.5, 0.6) is 11.5 Å². The van der Waals surface area contributed by atoms with Gasteiger partial charge in [-0.2, -0.15) is 8.42 Å². The number of thioether (sulfide) groups is 1. The molecule has 1 heterocycles. The molecule has 1 saturated heterocycles. The molecule has 0 spiro atoms. The SMILES string of the molecule is COc1ccc(S(=O)(=O)Oc2ccc(/C=C3/SC(=S)NC3=O)cc2Br)cc1. The van der Waals surface area contributed by atoms with Crippen LogP contribution in [0.4, 0.5) is 0 Å². The van der Waals surface area contributed by atoms with Gasteiger partial charge in [0.05, 0.1) is 16.5 Å². The van der Waals surface area contributed by atoms with Crippen LogP contribution in [0, 0.1) is 0 Å². The van der Waals surface area contributed by atoms with E-state index in [1.54, 1.807) is 18.2 Å². The molecule has 3 rings (SSSR count). The van der Waals surface area contributed by atoms with Gasteiger partial charge >= 0.3 is 10.1 Å². The quantitative estimate of drug-likeness (QED) is 0.392. The highest BCUT2D eigenvalue weighted by Crippen LogP contribution is 2.32. The van der Waals surface area contributed by atoms with E-state index < -0.39 is 10.1 Å². The van der Waals surface area contributed by atoms with E-state index in [9.17, 15) is 13.2 Å². The number of hydrogen-bond acceptors (Lipinski definition) is 7. The highest BCUT2D eigenvalue weighted by atomic mass is 79.9. The number of ether oxygens (including phenoxy) is 1. The van der Waals surface area contributed by atoms with Crippen molar-refractivity contribution in [2.45, 2.75) is 4.90 Å². The maximum absolute atomic E-state index is 12.4. The van der Waals surface area contributed by atoms with Gasteiger partial charge in [-0.25, -0.2) is 0 Å². The number of hydrogen-bond donors (Lipinski definition) is 1. The number of rotatable bonds is 5. The molecule has 2 aromatic rings. The summed E-state index contributed by atoms with van der Waals surface area (Å²) in [6.07, 6.45) is 1.66. The van der Waals surface area contributed by atoms with Crippen molar-refractivity contribution in [2.75, 3.05) is 7.11 Å². The molecule has 0 saturated carbocycles.